The van der Waals surface area contributed by atoms with Gasteiger partial charge in [0, 0.05) is 6.08 Å². The minimum absolute atomic E-state index is 0.264. The maximum Gasteiger partial charge on any atom is 0.335 e. The summed E-state index contributed by atoms with van der Waals surface area (Å²) in [6, 6.07) is 3.07. The van der Waals surface area contributed by atoms with E-state index in [0.717, 1.165) is 38.5 Å². The first-order valence-corrected chi connectivity index (χ1v) is 11.8. The second kappa shape index (κ2) is 10.1. The number of carbonyl (C=O) groups is 1. The number of allylic oxidation sites excluding steroid dienone is 1. The number of unbranched alkanes of at least 4 members (excludes halogenated alkanes) is 4. The Kier molecular flexibility index (Phi) is 7.70. The maximum absolute atomic E-state index is 15.0. The van der Waals surface area contributed by atoms with Gasteiger partial charge in [-0.3, -0.25) is 0 Å². The van der Waals surface area contributed by atoms with Crippen molar-refractivity contribution in [1.29, 1.82) is 0 Å². The van der Waals surface area contributed by atoms with Gasteiger partial charge in [-0.15, -0.1) is 0 Å². The van der Waals surface area contributed by atoms with Gasteiger partial charge in [0.1, 0.15) is 0 Å². The average molecular weight is 419 g/mol. The van der Waals surface area contributed by atoms with E-state index >= 15 is 4.39 Å². The first-order valence-electron chi connectivity index (χ1n) is 11.8. The lowest BCUT2D eigenvalue weighted by molar-refractivity contribution is -0.129. The smallest absolute Gasteiger partial charge is 0.335 e. The van der Waals surface area contributed by atoms with E-state index in [-0.39, 0.29) is 11.2 Å². The van der Waals surface area contributed by atoms with Crippen LogP contribution in [-0.2, 0) is 10.2 Å². The number of hydrogen-bond donors (Lipinski definition) is 0. The minimum atomic E-state index is -1.04. The summed E-state index contributed by atoms with van der Waals surface area (Å²) >= 11 is 0. The third-order valence-corrected chi connectivity index (χ3v) is 7.53. The molecular formula is C26H36F2O2. The van der Waals surface area contributed by atoms with Crippen molar-refractivity contribution in [2.75, 3.05) is 0 Å². The van der Waals surface area contributed by atoms with Crippen LogP contribution >= 0.6 is 0 Å². The van der Waals surface area contributed by atoms with Crippen molar-refractivity contribution in [3.8, 4) is 5.75 Å². The Bertz CT molecular complexity index is 744. The highest BCUT2D eigenvalue weighted by Crippen LogP contribution is 2.60. The zero-order chi connectivity index (χ0) is 21.6. The molecule has 2 bridgehead atoms. The van der Waals surface area contributed by atoms with E-state index in [1.54, 1.807) is 12.1 Å². The number of ether oxygens (including phenoxy) is 1. The average Bonchev–Trinajstić information content (AvgIpc) is 2.76. The molecule has 3 fully saturated rings. The van der Waals surface area contributed by atoms with Gasteiger partial charge in [0.05, 0.1) is 0 Å². The molecule has 3 aliphatic carbocycles. The molecule has 0 aliphatic heterocycles. The molecule has 4 heteroatoms. The Labute approximate surface area is 180 Å². The van der Waals surface area contributed by atoms with Crippen molar-refractivity contribution in [3.63, 3.8) is 0 Å². The Hall–Kier alpha value is -1.71. The number of halogens is 2. The van der Waals surface area contributed by atoms with Crippen LogP contribution in [0.2, 0.25) is 0 Å². The third kappa shape index (κ3) is 4.95. The predicted octanol–water partition coefficient (Wildman–Crippen LogP) is 7.79. The molecule has 1 aromatic carbocycles. The Morgan fingerprint density at radius 3 is 2.27 bits per heavy atom. The van der Waals surface area contributed by atoms with Gasteiger partial charge >= 0.3 is 5.97 Å². The van der Waals surface area contributed by atoms with Crippen LogP contribution in [0.25, 0.3) is 0 Å². The van der Waals surface area contributed by atoms with E-state index in [9.17, 15) is 9.18 Å². The molecular weight excluding hydrogens is 382 g/mol. The van der Waals surface area contributed by atoms with Crippen LogP contribution in [0.5, 0.6) is 5.75 Å². The Morgan fingerprint density at radius 1 is 0.967 bits per heavy atom. The quantitative estimate of drug-likeness (QED) is 0.168. The number of esters is 1. The standard InChI is InChI=1S/C26H36F2O2/c1-3-5-7-8-9-13-25-14-17-26(18-15-25,19-16-25)20-11-12-21(24(28)23(20)27)30-22(29)10-6-4-2/h6,10-12H,3-5,7-9,13-19H2,1-2H3. The van der Waals surface area contributed by atoms with Crippen molar-refractivity contribution in [3.05, 3.63) is 41.5 Å². The van der Waals surface area contributed by atoms with Crippen molar-refractivity contribution >= 4 is 5.97 Å². The largest absolute Gasteiger partial charge is 0.420 e. The predicted molar refractivity (Wildman–Crippen MR) is 117 cm³/mol. The molecule has 3 aliphatic rings. The lowest BCUT2D eigenvalue weighted by Crippen LogP contribution is -2.44. The normalized spacial score (nSPS) is 25.7. The van der Waals surface area contributed by atoms with Crippen molar-refractivity contribution in [2.24, 2.45) is 5.41 Å². The number of benzene rings is 1. The Balaban J connectivity index is 1.66. The van der Waals surface area contributed by atoms with Crippen LogP contribution in [-0.4, -0.2) is 5.97 Å². The van der Waals surface area contributed by atoms with Crippen LogP contribution in [0.1, 0.15) is 103 Å². The first kappa shape index (κ1) is 23.0. The van der Waals surface area contributed by atoms with Gasteiger partial charge in [0.2, 0.25) is 5.82 Å². The van der Waals surface area contributed by atoms with E-state index in [1.807, 2.05) is 6.92 Å². The molecule has 0 N–H and O–H groups in total. The number of fused-ring (bicyclic) bond motifs is 3. The van der Waals surface area contributed by atoms with Crippen LogP contribution in [0.4, 0.5) is 8.78 Å². The molecule has 0 unspecified atom stereocenters. The fourth-order valence-electron chi connectivity index (χ4n) is 5.52. The SMILES string of the molecule is CCC=CC(=O)Oc1ccc(C23CCC(CCCCCCC)(CC2)CC3)c(F)c1F. The molecule has 2 nitrogen and oxygen atoms in total. The number of hydrogen-bond acceptors (Lipinski definition) is 2. The second-order valence-electron chi connectivity index (χ2n) is 9.42. The summed E-state index contributed by atoms with van der Waals surface area (Å²) < 4.78 is 34.7. The van der Waals surface area contributed by atoms with Crippen LogP contribution in [0.15, 0.2) is 24.3 Å². The number of rotatable bonds is 10. The van der Waals surface area contributed by atoms with Gasteiger partial charge in [-0.2, -0.15) is 4.39 Å². The zero-order valence-electron chi connectivity index (χ0n) is 18.6. The van der Waals surface area contributed by atoms with E-state index < -0.39 is 17.6 Å². The van der Waals surface area contributed by atoms with Crippen molar-refractivity contribution in [2.45, 2.75) is 103 Å². The van der Waals surface area contributed by atoms with E-state index in [4.69, 9.17) is 4.74 Å². The van der Waals surface area contributed by atoms with Crippen LogP contribution < -0.4 is 4.74 Å². The summed E-state index contributed by atoms with van der Waals surface area (Å²) in [4.78, 5) is 11.7. The fourth-order valence-corrected chi connectivity index (χ4v) is 5.52. The second-order valence-corrected chi connectivity index (χ2v) is 9.42. The molecule has 0 spiro atoms. The zero-order valence-corrected chi connectivity index (χ0v) is 18.6. The summed E-state index contributed by atoms with van der Waals surface area (Å²) in [5, 5.41) is 0. The molecule has 0 aromatic heterocycles. The topological polar surface area (TPSA) is 26.3 Å². The lowest BCUT2D eigenvalue weighted by Gasteiger charge is -2.54. The summed E-state index contributed by atoms with van der Waals surface area (Å²) in [5.74, 6) is -2.89. The Morgan fingerprint density at radius 2 is 1.63 bits per heavy atom. The van der Waals surface area contributed by atoms with Gasteiger partial charge in [-0.05, 0) is 73.8 Å². The highest BCUT2D eigenvalue weighted by atomic mass is 19.2. The molecule has 0 radical (unpaired) electrons. The molecule has 30 heavy (non-hydrogen) atoms. The summed E-state index contributed by atoms with van der Waals surface area (Å²) in [6.07, 6.45) is 17.5. The molecule has 4 rings (SSSR count). The fraction of sp³-hybridized carbons (Fsp3) is 0.654. The van der Waals surface area contributed by atoms with E-state index in [1.165, 1.54) is 50.7 Å². The summed E-state index contributed by atoms with van der Waals surface area (Å²) in [7, 11) is 0. The minimum Gasteiger partial charge on any atom is -0.420 e. The molecule has 0 amide bonds. The molecule has 0 atom stereocenters. The maximum atomic E-state index is 15.0. The molecule has 0 heterocycles. The highest BCUT2D eigenvalue weighted by molar-refractivity contribution is 5.84. The molecule has 1 aromatic rings. The third-order valence-electron chi connectivity index (χ3n) is 7.53. The van der Waals surface area contributed by atoms with Gasteiger partial charge in [0.15, 0.2) is 11.6 Å². The first-order chi connectivity index (χ1) is 14.5. The van der Waals surface area contributed by atoms with Crippen LogP contribution in [0, 0.1) is 17.0 Å². The van der Waals surface area contributed by atoms with Gasteiger partial charge in [0.25, 0.3) is 0 Å². The van der Waals surface area contributed by atoms with E-state index in [2.05, 4.69) is 6.92 Å². The molecule has 3 saturated carbocycles. The van der Waals surface area contributed by atoms with E-state index in [0.29, 0.717) is 17.4 Å². The molecule has 166 valence electrons. The number of carbonyl (C=O) groups excluding carboxylic acids is 1. The van der Waals surface area contributed by atoms with Crippen molar-refractivity contribution in [1.82, 2.24) is 0 Å². The van der Waals surface area contributed by atoms with Crippen LogP contribution in [0.3, 0.4) is 0 Å². The summed E-state index contributed by atoms with van der Waals surface area (Å²) in [6.45, 7) is 4.12. The van der Waals surface area contributed by atoms with Gasteiger partial charge < -0.3 is 4.74 Å². The molecule has 0 saturated heterocycles. The lowest BCUT2D eigenvalue weighted by atomic mass is 9.51. The summed E-state index contributed by atoms with van der Waals surface area (Å²) in [5.41, 5.74) is 0.629. The van der Waals surface area contributed by atoms with Gasteiger partial charge in [-0.25, -0.2) is 9.18 Å². The highest BCUT2D eigenvalue weighted by Gasteiger charge is 2.50. The van der Waals surface area contributed by atoms with Gasteiger partial charge in [-0.1, -0.05) is 58.1 Å². The monoisotopic (exact) mass is 418 g/mol. The van der Waals surface area contributed by atoms with Crippen molar-refractivity contribution < 1.29 is 18.3 Å².